The molecule has 154 valence electrons. The molecule has 3 aromatic rings. The van der Waals surface area contributed by atoms with Gasteiger partial charge in [0.2, 0.25) is 0 Å². The van der Waals surface area contributed by atoms with E-state index in [1.165, 1.54) is 29.2 Å². The van der Waals surface area contributed by atoms with Crippen LogP contribution in [0.5, 0.6) is 0 Å². The second-order valence-corrected chi connectivity index (χ2v) is 7.78. The number of ketones is 1. The third kappa shape index (κ3) is 3.73. The van der Waals surface area contributed by atoms with E-state index in [4.69, 9.17) is 0 Å². The number of hydrogen-bond donors (Lipinski definition) is 1. The van der Waals surface area contributed by atoms with Crippen LogP contribution in [0, 0.1) is 10.1 Å². The molecule has 7 nitrogen and oxygen atoms in total. The van der Waals surface area contributed by atoms with Crippen LogP contribution in [0.25, 0.3) is 5.76 Å². The first-order chi connectivity index (χ1) is 14.9. The summed E-state index contributed by atoms with van der Waals surface area (Å²) in [7, 11) is 0. The van der Waals surface area contributed by atoms with Gasteiger partial charge in [-0.15, -0.1) is 0 Å². The number of benzene rings is 3. The Morgan fingerprint density at radius 2 is 1.55 bits per heavy atom. The van der Waals surface area contributed by atoms with Gasteiger partial charge in [0.1, 0.15) is 5.76 Å². The van der Waals surface area contributed by atoms with Crippen molar-refractivity contribution >= 4 is 44.8 Å². The number of halogens is 1. The van der Waals surface area contributed by atoms with E-state index in [1.807, 2.05) is 0 Å². The molecule has 1 amide bonds. The molecule has 3 aromatic carbocycles. The Morgan fingerprint density at radius 3 is 2.13 bits per heavy atom. The molecule has 0 bridgehead atoms. The zero-order valence-electron chi connectivity index (χ0n) is 15.9. The van der Waals surface area contributed by atoms with Crippen LogP contribution in [-0.2, 0) is 9.59 Å². The van der Waals surface area contributed by atoms with Crippen LogP contribution in [0.4, 0.5) is 11.4 Å². The highest BCUT2D eigenvalue weighted by molar-refractivity contribution is 9.10. The Balaban J connectivity index is 1.91. The lowest BCUT2D eigenvalue weighted by Crippen LogP contribution is -2.29. The van der Waals surface area contributed by atoms with E-state index >= 15 is 0 Å². The average Bonchev–Trinajstić information content (AvgIpc) is 3.05. The van der Waals surface area contributed by atoms with Gasteiger partial charge in [0.25, 0.3) is 17.4 Å². The second kappa shape index (κ2) is 8.16. The number of para-hydroxylation sites is 1. The minimum atomic E-state index is -0.856. The second-order valence-electron chi connectivity index (χ2n) is 6.86. The molecular weight excluding hydrogens is 464 g/mol. The zero-order valence-corrected chi connectivity index (χ0v) is 17.5. The lowest BCUT2D eigenvalue weighted by Gasteiger charge is -2.25. The predicted octanol–water partition coefficient (Wildman–Crippen LogP) is 4.98. The Morgan fingerprint density at radius 1 is 0.935 bits per heavy atom. The number of aliphatic hydroxyl groups is 1. The van der Waals surface area contributed by atoms with E-state index < -0.39 is 22.7 Å². The third-order valence-corrected chi connectivity index (χ3v) is 5.54. The Bertz CT molecular complexity index is 1200. The molecule has 8 heteroatoms. The maximum atomic E-state index is 13.0. The number of carbonyl (C=O) groups is 2. The van der Waals surface area contributed by atoms with E-state index in [0.717, 1.165) is 4.47 Å². The summed E-state index contributed by atoms with van der Waals surface area (Å²) < 4.78 is 0.822. The van der Waals surface area contributed by atoms with Crippen molar-refractivity contribution in [2.24, 2.45) is 0 Å². The first kappa shape index (κ1) is 20.5. The number of anilines is 1. The summed E-state index contributed by atoms with van der Waals surface area (Å²) in [5.41, 5.74) is 1.13. The van der Waals surface area contributed by atoms with Crippen LogP contribution in [0.2, 0.25) is 0 Å². The minimum Gasteiger partial charge on any atom is -0.507 e. The van der Waals surface area contributed by atoms with Crippen molar-refractivity contribution in [3.8, 4) is 0 Å². The molecular formula is C23H15BrN2O5. The average molecular weight is 479 g/mol. The van der Waals surface area contributed by atoms with Crippen LogP contribution in [0.3, 0.4) is 0 Å². The molecule has 1 fully saturated rings. The van der Waals surface area contributed by atoms with Crippen LogP contribution in [-0.4, -0.2) is 21.7 Å². The van der Waals surface area contributed by atoms with Crippen molar-refractivity contribution in [3.05, 3.63) is 110 Å². The van der Waals surface area contributed by atoms with Gasteiger partial charge < -0.3 is 5.11 Å². The van der Waals surface area contributed by atoms with Gasteiger partial charge in [0.05, 0.1) is 16.5 Å². The largest absolute Gasteiger partial charge is 0.507 e. The summed E-state index contributed by atoms with van der Waals surface area (Å²) in [6.45, 7) is 0. The van der Waals surface area contributed by atoms with Gasteiger partial charge in [-0.05, 0) is 42.0 Å². The fraction of sp³-hybridized carbons (Fsp3) is 0.0435. The lowest BCUT2D eigenvalue weighted by atomic mass is 9.95. The normalized spacial score (nSPS) is 17.7. The maximum absolute atomic E-state index is 13.0. The smallest absolute Gasteiger partial charge is 0.300 e. The molecule has 0 aliphatic carbocycles. The quantitative estimate of drug-likeness (QED) is 0.187. The van der Waals surface area contributed by atoms with Gasteiger partial charge >= 0.3 is 0 Å². The van der Waals surface area contributed by atoms with Crippen LogP contribution >= 0.6 is 15.9 Å². The van der Waals surface area contributed by atoms with Gasteiger partial charge in [-0.25, -0.2) is 0 Å². The lowest BCUT2D eigenvalue weighted by molar-refractivity contribution is -0.384. The Kier molecular flexibility index (Phi) is 5.39. The molecule has 0 unspecified atom stereocenters. The Labute approximate surface area is 185 Å². The Hall–Kier alpha value is -3.78. The van der Waals surface area contributed by atoms with Crippen molar-refractivity contribution < 1.29 is 19.6 Å². The number of nitrogens with zero attached hydrogens (tertiary/aromatic N) is 2. The molecule has 0 spiro atoms. The highest BCUT2D eigenvalue weighted by Gasteiger charge is 2.46. The van der Waals surface area contributed by atoms with Crippen molar-refractivity contribution in [1.82, 2.24) is 0 Å². The summed E-state index contributed by atoms with van der Waals surface area (Å²) in [6, 6.07) is 20.1. The van der Waals surface area contributed by atoms with Crippen molar-refractivity contribution in [3.63, 3.8) is 0 Å². The summed E-state index contributed by atoms with van der Waals surface area (Å²) in [4.78, 5) is 37.7. The number of Topliss-reactive ketones (excluding diaryl/α,β-unsaturated/α-hetero) is 1. The predicted molar refractivity (Wildman–Crippen MR) is 118 cm³/mol. The molecule has 1 aliphatic rings. The SMILES string of the molecule is O=C1C(=O)N(c2ccccc2)[C@@H](c2ccc(Br)cc2)C1=C(O)c1ccc([N+](=O)[O-])cc1. The highest BCUT2D eigenvalue weighted by Crippen LogP contribution is 2.42. The van der Waals surface area contributed by atoms with E-state index in [9.17, 15) is 24.8 Å². The van der Waals surface area contributed by atoms with Gasteiger partial charge in [-0.3, -0.25) is 24.6 Å². The monoisotopic (exact) mass is 478 g/mol. The zero-order chi connectivity index (χ0) is 22.1. The maximum Gasteiger partial charge on any atom is 0.300 e. The van der Waals surface area contributed by atoms with Crippen molar-refractivity contribution in [2.75, 3.05) is 4.90 Å². The minimum absolute atomic E-state index is 0.0787. The van der Waals surface area contributed by atoms with E-state index in [2.05, 4.69) is 15.9 Å². The molecule has 1 heterocycles. The van der Waals surface area contributed by atoms with E-state index in [-0.39, 0.29) is 22.6 Å². The van der Waals surface area contributed by atoms with E-state index in [1.54, 1.807) is 54.6 Å². The van der Waals surface area contributed by atoms with Crippen molar-refractivity contribution in [1.29, 1.82) is 0 Å². The van der Waals surface area contributed by atoms with Gasteiger partial charge in [-0.2, -0.15) is 0 Å². The fourth-order valence-electron chi connectivity index (χ4n) is 3.54. The molecule has 1 aliphatic heterocycles. The summed E-state index contributed by atoms with van der Waals surface area (Å²) in [6.07, 6.45) is 0. The standard InChI is InChI=1S/C23H15BrN2O5/c24-16-10-6-14(7-11-16)20-19(21(27)15-8-12-18(13-9-15)26(30)31)22(28)23(29)25(20)17-4-2-1-3-5-17/h1-13,20,27H/t20-/m0/s1. The van der Waals surface area contributed by atoms with Gasteiger partial charge in [0.15, 0.2) is 0 Å². The molecule has 31 heavy (non-hydrogen) atoms. The molecule has 0 radical (unpaired) electrons. The molecule has 1 atom stereocenters. The number of non-ortho nitro benzene ring substituents is 1. The third-order valence-electron chi connectivity index (χ3n) is 5.02. The number of amides is 1. The highest BCUT2D eigenvalue weighted by atomic mass is 79.9. The summed E-state index contributed by atoms with van der Waals surface area (Å²) >= 11 is 3.37. The van der Waals surface area contributed by atoms with Crippen LogP contribution in [0.15, 0.2) is 88.9 Å². The first-order valence-electron chi connectivity index (χ1n) is 9.25. The molecule has 0 saturated carbocycles. The topological polar surface area (TPSA) is 101 Å². The van der Waals surface area contributed by atoms with E-state index in [0.29, 0.717) is 11.3 Å². The van der Waals surface area contributed by atoms with Crippen LogP contribution < -0.4 is 4.90 Å². The molecule has 1 saturated heterocycles. The van der Waals surface area contributed by atoms with Gasteiger partial charge in [0, 0.05) is 27.9 Å². The fourth-order valence-corrected chi connectivity index (χ4v) is 3.81. The molecule has 1 N–H and O–H groups in total. The first-order valence-corrected chi connectivity index (χ1v) is 10.0. The number of carbonyl (C=O) groups excluding carboxylic acids is 2. The number of aliphatic hydroxyl groups excluding tert-OH is 1. The molecule has 4 rings (SSSR count). The summed E-state index contributed by atoms with van der Waals surface area (Å²) in [5.74, 6) is -1.98. The number of rotatable bonds is 4. The summed E-state index contributed by atoms with van der Waals surface area (Å²) in [5, 5.41) is 21.9. The number of nitro benzene ring substituents is 1. The number of hydrogen-bond acceptors (Lipinski definition) is 5. The van der Waals surface area contributed by atoms with Crippen LogP contribution in [0.1, 0.15) is 17.2 Å². The number of nitro groups is 1. The molecule has 0 aromatic heterocycles. The van der Waals surface area contributed by atoms with Crippen molar-refractivity contribution in [2.45, 2.75) is 6.04 Å². The van der Waals surface area contributed by atoms with Gasteiger partial charge in [-0.1, -0.05) is 46.3 Å².